The highest BCUT2D eigenvalue weighted by molar-refractivity contribution is 9.10. The molecule has 0 spiro atoms. The van der Waals surface area contributed by atoms with Crippen LogP contribution in [0.3, 0.4) is 0 Å². The van der Waals surface area contributed by atoms with Gasteiger partial charge in [0.25, 0.3) is 0 Å². The fourth-order valence-electron chi connectivity index (χ4n) is 2.07. The monoisotopic (exact) mass is 338 g/mol. The zero-order chi connectivity index (χ0) is 13.5. The first-order chi connectivity index (χ1) is 9.29. The fraction of sp³-hybridized carbons (Fsp3) is 0.400. The Balaban J connectivity index is 2.02. The first-order valence-electron chi connectivity index (χ1n) is 6.64. The summed E-state index contributed by atoms with van der Waals surface area (Å²) in [6.07, 6.45) is 7.16. The lowest BCUT2D eigenvalue weighted by Gasteiger charge is -2.18. The Morgan fingerprint density at radius 3 is 3.00 bits per heavy atom. The Morgan fingerprint density at radius 1 is 1.42 bits per heavy atom. The number of hydrogen-bond donors (Lipinski definition) is 1. The van der Waals surface area contributed by atoms with E-state index in [2.05, 4.69) is 56.0 Å². The molecular weight excluding hydrogens is 320 g/mol. The molecule has 102 valence electrons. The molecule has 0 aliphatic rings. The summed E-state index contributed by atoms with van der Waals surface area (Å²) in [6, 6.07) is 4.75. The Bertz CT molecular complexity index is 485. The van der Waals surface area contributed by atoms with Crippen molar-refractivity contribution in [3.8, 4) is 0 Å². The molecule has 2 aromatic heterocycles. The molecule has 4 heteroatoms. The fourth-order valence-corrected chi connectivity index (χ4v) is 3.16. The first kappa shape index (κ1) is 14.7. The summed E-state index contributed by atoms with van der Waals surface area (Å²) in [6.45, 7) is 3.24. The zero-order valence-corrected chi connectivity index (χ0v) is 13.5. The lowest BCUT2D eigenvalue weighted by molar-refractivity contribution is 0.498. The van der Waals surface area contributed by atoms with E-state index in [0.29, 0.717) is 6.04 Å². The molecule has 0 aromatic carbocycles. The molecule has 2 nitrogen and oxygen atoms in total. The van der Waals surface area contributed by atoms with Crippen LogP contribution in [0, 0.1) is 0 Å². The number of nitrogens with zero attached hydrogens (tertiary/aromatic N) is 1. The van der Waals surface area contributed by atoms with Crippen LogP contribution < -0.4 is 5.32 Å². The van der Waals surface area contributed by atoms with Gasteiger partial charge in [-0.25, -0.2) is 0 Å². The van der Waals surface area contributed by atoms with Crippen LogP contribution in [0.15, 0.2) is 39.8 Å². The molecule has 0 saturated heterocycles. The second-order valence-corrected chi connectivity index (χ2v) is 6.31. The summed E-state index contributed by atoms with van der Waals surface area (Å²) in [5, 5.41) is 7.99. The molecule has 0 fully saturated rings. The molecule has 0 bridgehead atoms. The highest BCUT2D eigenvalue weighted by Gasteiger charge is 2.11. The van der Waals surface area contributed by atoms with Crippen LogP contribution in [-0.2, 0) is 6.42 Å². The van der Waals surface area contributed by atoms with Crippen LogP contribution in [0.4, 0.5) is 0 Å². The van der Waals surface area contributed by atoms with Crippen LogP contribution in [0.1, 0.15) is 36.9 Å². The SMILES string of the molecule is CCCNC(CCc1ccsc1)c1cncc(Br)c1. The van der Waals surface area contributed by atoms with Gasteiger partial charge in [-0.05, 0) is 75.8 Å². The Labute approximate surface area is 127 Å². The van der Waals surface area contributed by atoms with Crippen molar-refractivity contribution in [2.75, 3.05) is 6.54 Å². The number of halogens is 1. The first-order valence-corrected chi connectivity index (χ1v) is 8.38. The summed E-state index contributed by atoms with van der Waals surface area (Å²) in [7, 11) is 0. The van der Waals surface area contributed by atoms with Gasteiger partial charge >= 0.3 is 0 Å². The maximum Gasteiger partial charge on any atom is 0.0410 e. The van der Waals surface area contributed by atoms with E-state index < -0.39 is 0 Å². The summed E-state index contributed by atoms with van der Waals surface area (Å²) in [5.74, 6) is 0. The van der Waals surface area contributed by atoms with Crippen molar-refractivity contribution in [2.45, 2.75) is 32.2 Å². The predicted molar refractivity (Wildman–Crippen MR) is 85.6 cm³/mol. The Hall–Kier alpha value is -0.710. The average molecular weight is 339 g/mol. The predicted octanol–water partition coefficient (Wildman–Crippen LogP) is 4.58. The van der Waals surface area contributed by atoms with Gasteiger partial charge in [-0.1, -0.05) is 6.92 Å². The third kappa shape index (κ3) is 4.71. The van der Waals surface area contributed by atoms with Gasteiger partial charge in [-0.15, -0.1) is 0 Å². The van der Waals surface area contributed by atoms with Crippen LogP contribution in [0.5, 0.6) is 0 Å². The molecule has 19 heavy (non-hydrogen) atoms. The largest absolute Gasteiger partial charge is 0.310 e. The van der Waals surface area contributed by atoms with Crippen molar-refractivity contribution in [2.24, 2.45) is 0 Å². The number of thiophene rings is 1. The van der Waals surface area contributed by atoms with E-state index in [-0.39, 0.29) is 0 Å². The lowest BCUT2D eigenvalue weighted by atomic mass is 10.0. The van der Waals surface area contributed by atoms with Crippen molar-refractivity contribution in [1.82, 2.24) is 10.3 Å². The standard InChI is InChI=1S/C15H19BrN2S/c1-2-6-18-15(4-3-12-5-7-19-11-12)13-8-14(16)10-17-9-13/h5,7-11,15,18H,2-4,6H2,1H3. The van der Waals surface area contributed by atoms with E-state index in [1.807, 2.05) is 12.4 Å². The smallest absolute Gasteiger partial charge is 0.0410 e. The molecule has 0 aliphatic heterocycles. The topological polar surface area (TPSA) is 24.9 Å². The van der Waals surface area contributed by atoms with Gasteiger partial charge in [0.1, 0.15) is 0 Å². The van der Waals surface area contributed by atoms with Crippen LogP contribution in [0.25, 0.3) is 0 Å². The van der Waals surface area contributed by atoms with Gasteiger partial charge in [0, 0.05) is 22.9 Å². The Kier molecular flexibility index (Phi) is 6.01. The van der Waals surface area contributed by atoms with E-state index in [0.717, 1.165) is 30.3 Å². The molecule has 0 saturated carbocycles. The zero-order valence-electron chi connectivity index (χ0n) is 11.1. The third-order valence-electron chi connectivity index (χ3n) is 3.07. The molecule has 0 radical (unpaired) electrons. The van der Waals surface area contributed by atoms with Gasteiger partial charge in [0.15, 0.2) is 0 Å². The van der Waals surface area contributed by atoms with Crippen molar-refractivity contribution >= 4 is 27.3 Å². The van der Waals surface area contributed by atoms with Crippen molar-refractivity contribution in [1.29, 1.82) is 0 Å². The van der Waals surface area contributed by atoms with E-state index in [1.165, 1.54) is 11.1 Å². The number of rotatable bonds is 7. The minimum atomic E-state index is 0.379. The van der Waals surface area contributed by atoms with Crippen LogP contribution in [0.2, 0.25) is 0 Å². The van der Waals surface area contributed by atoms with E-state index in [4.69, 9.17) is 0 Å². The molecule has 2 aromatic rings. The second kappa shape index (κ2) is 7.78. The average Bonchev–Trinajstić information content (AvgIpc) is 2.92. The van der Waals surface area contributed by atoms with Gasteiger partial charge in [0.05, 0.1) is 0 Å². The van der Waals surface area contributed by atoms with Crippen LogP contribution >= 0.6 is 27.3 Å². The maximum atomic E-state index is 4.27. The third-order valence-corrected chi connectivity index (χ3v) is 4.24. The van der Waals surface area contributed by atoms with Gasteiger partial charge in [-0.2, -0.15) is 11.3 Å². The second-order valence-electron chi connectivity index (χ2n) is 4.61. The highest BCUT2D eigenvalue weighted by atomic mass is 79.9. The van der Waals surface area contributed by atoms with E-state index in [9.17, 15) is 0 Å². The highest BCUT2D eigenvalue weighted by Crippen LogP contribution is 2.22. The molecule has 1 atom stereocenters. The minimum Gasteiger partial charge on any atom is -0.310 e. The van der Waals surface area contributed by atoms with Crippen LogP contribution in [-0.4, -0.2) is 11.5 Å². The molecule has 1 unspecified atom stereocenters. The van der Waals surface area contributed by atoms with E-state index in [1.54, 1.807) is 11.3 Å². The molecule has 2 heterocycles. The Morgan fingerprint density at radius 2 is 2.32 bits per heavy atom. The summed E-state index contributed by atoms with van der Waals surface area (Å²) < 4.78 is 1.05. The summed E-state index contributed by atoms with van der Waals surface area (Å²) in [4.78, 5) is 4.27. The maximum absolute atomic E-state index is 4.27. The quantitative estimate of drug-likeness (QED) is 0.799. The lowest BCUT2D eigenvalue weighted by Crippen LogP contribution is -2.22. The number of pyridine rings is 1. The van der Waals surface area contributed by atoms with Crippen molar-refractivity contribution in [3.05, 3.63) is 50.9 Å². The van der Waals surface area contributed by atoms with Gasteiger partial charge < -0.3 is 5.32 Å². The number of aromatic nitrogens is 1. The molecule has 2 rings (SSSR count). The minimum absolute atomic E-state index is 0.379. The van der Waals surface area contributed by atoms with Gasteiger partial charge in [-0.3, -0.25) is 4.98 Å². The number of hydrogen-bond acceptors (Lipinski definition) is 3. The molecule has 1 N–H and O–H groups in total. The normalized spacial score (nSPS) is 12.5. The van der Waals surface area contributed by atoms with E-state index >= 15 is 0 Å². The van der Waals surface area contributed by atoms with Crippen molar-refractivity contribution in [3.63, 3.8) is 0 Å². The van der Waals surface area contributed by atoms with Crippen molar-refractivity contribution < 1.29 is 0 Å². The van der Waals surface area contributed by atoms with Gasteiger partial charge in [0.2, 0.25) is 0 Å². The molecule has 0 aliphatic carbocycles. The summed E-state index contributed by atoms with van der Waals surface area (Å²) >= 11 is 5.27. The number of nitrogens with one attached hydrogen (secondary N) is 1. The molecule has 0 amide bonds. The summed E-state index contributed by atoms with van der Waals surface area (Å²) in [5.41, 5.74) is 2.69. The number of aryl methyl sites for hydroxylation is 1. The molecular formula is C15H19BrN2S.